The number of methoxy groups -OCH3 is 1. The Bertz CT molecular complexity index is 430. The first kappa shape index (κ1) is 15.5. The van der Waals surface area contributed by atoms with Crippen LogP contribution in [0.3, 0.4) is 0 Å². The van der Waals surface area contributed by atoms with Gasteiger partial charge in [0.25, 0.3) is 0 Å². The van der Waals surface area contributed by atoms with Crippen molar-refractivity contribution in [3.63, 3.8) is 0 Å². The highest BCUT2D eigenvalue weighted by molar-refractivity contribution is 5.75. The van der Waals surface area contributed by atoms with Crippen molar-refractivity contribution in [3.8, 4) is 5.75 Å². The third-order valence-corrected chi connectivity index (χ3v) is 3.18. The quantitative estimate of drug-likeness (QED) is 0.789. The van der Waals surface area contributed by atoms with E-state index < -0.39 is 0 Å². The molecule has 106 valence electrons. The normalized spacial score (nSPS) is 10.3. The van der Waals surface area contributed by atoms with Gasteiger partial charge in [-0.05, 0) is 49.4 Å². The van der Waals surface area contributed by atoms with Crippen molar-refractivity contribution >= 4 is 5.91 Å². The molecular weight excluding hydrogens is 242 g/mol. The lowest BCUT2D eigenvalue weighted by Gasteiger charge is -2.12. The van der Waals surface area contributed by atoms with Crippen molar-refractivity contribution < 1.29 is 14.6 Å². The lowest BCUT2D eigenvalue weighted by atomic mass is 10.0. The average molecular weight is 265 g/mol. The molecule has 4 heteroatoms. The maximum atomic E-state index is 11.4. The molecule has 1 aromatic rings. The highest BCUT2D eigenvalue weighted by Gasteiger charge is 2.07. The van der Waals surface area contributed by atoms with Crippen molar-refractivity contribution in [2.75, 3.05) is 20.3 Å². The highest BCUT2D eigenvalue weighted by Crippen LogP contribution is 2.23. The number of hydrogen-bond acceptors (Lipinski definition) is 3. The molecule has 0 saturated heterocycles. The van der Waals surface area contributed by atoms with Gasteiger partial charge in [0.05, 0.1) is 7.11 Å². The van der Waals surface area contributed by atoms with Crippen molar-refractivity contribution in [1.82, 2.24) is 5.32 Å². The van der Waals surface area contributed by atoms with E-state index in [1.807, 2.05) is 6.07 Å². The summed E-state index contributed by atoms with van der Waals surface area (Å²) in [6.45, 7) is 4.76. The molecule has 0 radical (unpaired) electrons. The van der Waals surface area contributed by atoms with Gasteiger partial charge in [0, 0.05) is 19.6 Å². The highest BCUT2D eigenvalue weighted by atomic mass is 16.5. The number of hydrogen-bond donors (Lipinski definition) is 2. The molecule has 0 heterocycles. The molecule has 0 saturated carbocycles. The Labute approximate surface area is 114 Å². The Morgan fingerprint density at radius 2 is 2.00 bits per heavy atom. The van der Waals surface area contributed by atoms with Gasteiger partial charge in [0.15, 0.2) is 0 Å². The lowest BCUT2D eigenvalue weighted by molar-refractivity contribution is -0.121. The summed E-state index contributed by atoms with van der Waals surface area (Å²) < 4.78 is 5.36. The van der Waals surface area contributed by atoms with Crippen LogP contribution in [0.25, 0.3) is 0 Å². The minimum atomic E-state index is -0.0168. The molecule has 1 rings (SSSR count). The zero-order valence-electron chi connectivity index (χ0n) is 12.0. The van der Waals surface area contributed by atoms with Crippen molar-refractivity contribution in [2.24, 2.45) is 0 Å². The molecule has 1 amide bonds. The second kappa shape index (κ2) is 7.79. The molecule has 0 fully saturated rings. The summed E-state index contributed by atoms with van der Waals surface area (Å²) >= 11 is 0. The molecule has 0 atom stereocenters. The number of carbonyl (C=O) groups excluding carboxylic acids is 1. The third-order valence-electron chi connectivity index (χ3n) is 3.18. The van der Waals surface area contributed by atoms with E-state index in [0.29, 0.717) is 19.4 Å². The fourth-order valence-electron chi connectivity index (χ4n) is 1.90. The monoisotopic (exact) mass is 265 g/mol. The summed E-state index contributed by atoms with van der Waals surface area (Å²) in [5.41, 5.74) is 3.53. The molecule has 0 aromatic heterocycles. The molecule has 0 unspecified atom stereocenters. The first-order valence-electron chi connectivity index (χ1n) is 6.60. The average Bonchev–Trinajstić information content (AvgIpc) is 2.40. The number of aliphatic hydroxyl groups is 1. The van der Waals surface area contributed by atoms with E-state index in [1.54, 1.807) is 7.11 Å². The zero-order valence-corrected chi connectivity index (χ0v) is 12.0. The first-order chi connectivity index (χ1) is 9.08. The molecule has 0 bridgehead atoms. The van der Waals surface area contributed by atoms with Crippen LogP contribution >= 0.6 is 0 Å². The Morgan fingerprint density at radius 3 is 2.63 bits per heavy atom. The van der Waals surface area contributed by atoms with Gasteiger partial charge in [-0.1, -0.05) is 6.07 Å². The van der Waals surface area contributed by atoms with Crippen molar-refractivity contribution in [1.29, 1.82) is 0 Å². The van der Waals surface area contributed by atoms with E-state index in [1.165, 1.54) is 11.1 Å². The molecule has 4 nitrogen and oxygen atoms in total. The second-order valence-corrected chi connectivity index (χ2v) is 4.68. The lowest BCUT2D eigenvalue weighted by Crippen LogP contribution is -2.25. The number of aliphatic hydroxyl groups excluding tert-OH is 1. The van der Waals surface area contributed by atoms with Crippen LogP contribution in [0.5, 0.6) is 5.75 Å². The van der Waals surface area contributed by atoms with Crippen LogP contribution in [0.15, 0.2) is 12.1 Å². The van der Waals surface area contributed by atoms with E-state index in [0.717, 1.165) is 17.7 Å². The van der Waals surface area contributed by atoms with Crippen LogP contribution in [0.2, 0.25) is 0 Å². The molecule has 19 heavy (non-hydrogen) atoms. The van der Waals surface area contributed by atoms with Crippen LogP contribution < -0.4 is 10.1 Å². The van der Waals surface area contributed by atoms with Gasteiger partial charge in [0.1, 0.15) is 5.75 Å². The minimum Gasteiger partial charge on any atom is -0.496 e. The number of benzene rings is 1. The molecule has 0 aliphatic carbocycles. The number of amides is 1. The molecule has 2 N–H and O–H groups in total. The molecule has 0 aliphatic heterocycles. The van der Waals surface area contributed by atoms with Crippen molar-refractivity contribution in [2.45, 2.75) is 33.1 Å². The standard InChI is InChI=1S/C15H23NO3/c1-11-9-13(14(19-3)10-12(11)2)6-7-16-15(18)5-4-8-17/h9-10,17H,4-8H2,1-3H3,(H,16,18). The smallest absolute Gasteiger partial charge is 0.220 e. The SMILES string of the molecule is COc1cc(C)c(C)cc1CCNC(=O)CCCO. The van der Waals surface area contributed by atoms with E-state index in [9.17, 15) is 4.79 Å². The van der Waals surface area contributed by atoms with Crippen LogP contribution in [0.1, 0.15) is 29.5 Å². The van der Waals surface area contributed by atoms with Crippen LogP contribution in [-0.4, -0.2) is 31.3 Å². The van der Waals surface area contributed by atoms with Crippen molar-refractivity contribution in [3.05, 3.63) is 28.8 Å². The molecule has 1 aromatic carbocycles. The topological polar surface area (TPSA) is 58.6 Å². The van der Waals surface area contributed by atoms with E-state index in [2.05, 4.69) is 25.2 Å². The largest absolute Gasteiger partial charge is 0.496 e. The maximum Gasteiger partial charge on any atom is 0.220 e. The summed E-state index contributed by atoms with van der Waals surface area (Å²) in [5, 5.41) is 11.5. The Balaban J connectivity index is 2.53. The predicted octanol–water partition coefficient (Wildman–Crippen LogP) is 1.74. The van der Waals surface area contributed by atoms with E-state index in [-0.39, 0.29) is 12.5 Å². The second-order valence-electron chi connectivity index (χ2n) is 4.68. The fraction of sp³-hybridized carbons (Fsp3) is 0.533. The fourth-order valence-corrected chi connectivity index (χ4v) is 1.90. The molecule has 0 spiro atoms. The zero-order chi connectivity index (χ0) is 14.3. The van der Waals surface area contributed by atoms with Gasteiger partial charge in [0.2, 0.25) is 5.91 Å². The summed E-state index contributed by atoms with van der Waals surface area (Å²) in [4.78, 5) is 11.4. The predicted molar refractivity (Wildman–Crippen MR) is 75.5 cm³/mol. The van der Waals surface area contributed by atoms with Gasteiger partial charge in [-0.25, -0.2) is 0 Å². The van der Waals surface area contributed by atoms with Crippen LogP contribution in [0, 0.1) is 13.8 Å². The van der Waals surface area contributed by atoms with Gasteiger partial charge in [-0.3, -0.25) is 4.79 Å². The number of nitrogens with one attached hydrogen (secondary N) is 1. The van der Waals surface area contributed by atoms with E-state index >= 15 is 0 Å². The molecule has 0 aliphatic rings. The Kier molecular flexibility index (Phi) is 6.36. The Hall–Kier alpha value is -1.55. The minimum absolute atomic E-state index is 0.0168. The van der Waals surface area contributed by atoms with Gasteiger partial charge in [-0.15, -0.1) is 0 Å². The van der Waals surface area contributed by atoms with Gasteiger partial charge >= 0.3 is 0 Å². The number of rotatable bonds is 7. The van der Waals surface area contributed by atoms with E-state index in [4.69, 9.17) is 9.84 Å². The number of carbonyl (C=O) groups is 1. The summed E-state index contributed by atoms with van der Waals surface area (Å²) in [6.07, 6.45) is 1.63. The summed E-state index contributed by atoms with van der Waals surface area (Å²) in [7, 11) is 1.66. The summed E-state index contributed by atoms with van der Waals surface area (Å²) in [5.74, 6) is 0.851. The number of ether oxygens (including phenoxy) is 1. The summed E-state index contributed by atoms with van der Waals surface area (Å²) in [6, 6.07) is 4.13. The first-order valence-corrected chi connectivity index (χ1v) is 6.60. The molecular formula is C15H23NO3. The van der Waals surface area contributed by atoms with Crippen LogP contribution in [0.4, 0.5) is 0 Å². The maximum absolute atomic E-state index is 11.4. The van der Waals surface area contributed by atoms with Crippen LogP contribution in [-0.2, 0) is 11.2 Å². The van der Waals surface area contributed by atoms with Gasteiger partial charge in [-0.2, -0.15) is 0 Å². The third kappa shape index (κ3) is 4.91. The Morgan fingerprint density at radius 1 is 1.32 bits per heavy atom. The number of aryl methyl sites for hydroxylation is 2. The van der Waals surface area contributed by atoms with Gasteiger partial charge < -0.3 is 15.2 Å².